The highest BCUT2D eigenvalue weighted by Gasteiger charge is 2.08. The highest BCUT2D eigenvalue weighted by Crippen LogP contribution is 2.17. The van der Waals surface area contributed by atoms with Crippen LogP contribution in [0.3, 0.4) is 0 Å². The Morgan fingerprint density at radius 2 is 2.00 bits per heavy atom. The van der Waals surface area contributed by atoms with E-state index in [1.54, 1.807) is 24.3 Å². The zero-order valence-corrected chi connectivity index (χ0v) is 11.0. The Bertz CT molecular complexity index is 847. The third-order valence-corrected chi connectivity index (χ3v) is 3.32. The molecule has 0 aliphatic rings. The molecule has 0 amide bonds. The quantitative estimate of drug-likeness (QED) is 0.728. The van der Waals surface area contributed by atoms with Crippen LogP contribution in [0.15, 0.2) is 47.3 Å². The fraction of sp³-hybridized carbons (Fsp3) is 0.0714. The van der Waals surface area contributed by atoms with Gasteiger partial charge in [-0.3, -0.25) is 4.79 Å². The lowest BCUT2D eigenvalue weighted by atomic mass is 10.2. The van der Waals surface area contributed by atoms with Crippen LogP contribution in [0.4, 0.5) is 4.39 Å². The number of benzene rings is 2. The van der Waals surface area contributed by atoms with Crippen molar-refractivity contribution >= 4 is 22.5 Å². The van der Waals surface area contributed by atoms with Gasteiger partial charge < -0.3 is 0 Å². The van der Waals surface area contributed by atoms with Gasteiger partial charge in [0.2, 0.25) is 0 Å². The zero-order chi connectivity index (χ0) is 14.1. The number of rotatable bonds is 2. The molecule has 100 valence electrons. The van der Waals surface area contributed by atoms with Gasteiger partial charge in [0, 0.05) is 5.02 Å². The van der Waals surface area contributed by atoms with E-state index in [-0.39, 0.29) is 17.1 Å². The number of halogens is 2. The molecule has 0 fully saturated rings. The minimum Gasteiger partial charge on any atom is -0.267 e. The summed E-state index contributed by atoms with van der Waals surface area (Å²) in [4.78, 5) is 12.3. The van der Waals surface area contributed by atoms with E-state index in [0.717, 1.165) is 0 Å². The highest BCUT2D eigenvalue weighted by atomic mass is 35.5. The van der Waals surface area contributed by atoms with Crippen molar-refractivity contribution < 1.29 is 4.39 Å². The molecule has 0 N–H and O–H groups in total. The van der Waals surface area contributed by atoms with E-state index in [1.807, 2.05) is 0 Å². The Hall–Kier alpha value is -2.27. The molecule has 2 aromatic carbocycles. The first kappa shape index (κ1) is 12.7. The smallest absolute Gasteiger partial charge is 0.267 e. The average molecular weight is 290 g/mol. The second kappa shape index (κ2) is 5.02. The van der Waals surface area contributed by atoms with Gasteiger partial charge in [-0.05, 0) is 29.8 Å². The van der Waals surface area contributed by atoms with E-state index in [0.29, 0.717) is 16.5 Å². The molecular formula is C14H9ClFN3O. The van der Waals surface area contributed by atoms with Crippen LogP contribution in [0.25, 0.3) is 10.9 Å². The zero-order valence-electron chi connectivity index (χ0n) is 10.3. The molecule has 20 heavy (non-hydrogen) atoms. The SMILES string of the molecule is O=c1c2ccccc2nnn1Cc1ccc(F)cc1Cl. The van der Waals surface area contributed by atoms with Gasteiger partial charge in [0.1, 0.15) is 11.3 Å². The summed E-state index contributed by atoms with van der Waals surface area (Å²) in [6.07, 6.45) is 0. The first-order valence-corrected chi connectivity index (χ1v) is 6.29. The Balaban J connectivity index is 2.07. The first-order chi connectivity index (χ1) is 9.65. The molecule has 0 aliphatic heterocycles. The van der Waals surface area contributed by atoms with E-state index in [2.05, 4.69) is 10.3 Å². The van der Waals surface area contributed by atoms with Gasteiger partial charge in [-0.15, -0.1) is 5.10 Å². The maximum Gasteiger partial charge on any atom is 0.277 e. The third kappa shape index (κ3) is 2.28. The molecule has 0 spiro atoms. The van der Waals surface area contributed by atoms with Crippen molar-refractivity contribution in [1.29, 1.82) is 0 Å². The third-order valence-electron chi connectivity index (χ3n) is 2.96. The summed E-state index contributed by atoms with van der Waals surface area (Å²) in [6, 6.07) is 11.0. The van der Waals surface area contributed by atoms with Crippen LogP contribution in [0.1, 0.15) is 5.56 Å². The minimum absolute atomic E-state index is 0.149. The molecule has 4 nitrogen and oxygen atoms in total. The number of fused-ring (bicyclic) bond motifs is 1. The molecule has 0 unspecified atom stereocenters. The second-order valence-electron chi connectivity index (χ2n) is 4.31. The summed E-state index contributed by atoms with van der Waals surface area (Å²) in [7, 11) is 0. The largest absolute Gasteiger partial charge is 0.277 e. The predicted octanol–water partition coefficient (Wildman–Crippen LogP) is 2.63. The summed E-state index contributed by atoms with van der Waals surface area (Å²) in [6.45, 7) is 0.149. The highest BCUT2D eigenvalue weighted by molar-refractivity contribution is 6.31. The van der Waals surface area contributed by atoms with Gasteiger partial charge >= 0.3 is 0 Å². The minimum atomic E-state index is -0.421. The lowest BCUT2D eigenvalue weighted by Crippen LogP contribution is -2.24. The summed E-state index contributed by atoms with van der Waals surface area (Å²) >= 11 is 5.95. The standard InChI is InChI=1S/C14H9ClFN3O/c15-12-7-10(16)6-5-9(12)8-19-14(20)11-3-1-2-4-13(11)17-18-19/h1-7H,8H2. The van der Waals surface area contributed by atoms with Crippen LogP contribution < -0.4 is 5.56 Å². The van der Waals surface area contributed by atoms with Crippen LogP contribution in [-0.2, 0) is 6.54 Å². The van der Waals surface area contributed by atoms with Crippen molar-refractivity contribution in [3.05, 3.63) is 69.2 Å². The summed E-state index contributed by atoms with van der Waals surface area (Å²) in [5.41, 5.74) is 0.898. The van der Waals surface area contributed by atoms with Crippen LogP contribution in [0.5, 0.6) is 0 Å². The monoisotopic (exact) mass is 289 g/mol. The summed E-state index contributed by atoms with van der Waals surface area (Å²) in [5, 5.41) is 8.59. The average Bonchev–Trinajstić information content (AvgIpc) is 2.45. The van der Waals surface area contributed by atoms with Crippen molar-refractivity contribution in [3.8, 4) is 0 Å². The molecule has 1 heterocycles. The van der Waals surface area contributed by atoms with Crippen LogP contribution in [-0.4, -0.2) is 15.0 Å². The second-order valence-corrected chi connectivity index (χ2v) is 4.71. The molecule has 0 atom stereocenters. The molecule has 0 aliphatic carbocycles. The van der Waals surface area contributed by atoms with E-state index in [4.69, 9.17) is 11.6 Å². The van der Waals surface area contributed by atoms with Gasteiger partial charge in [0.15, 0.2) is 0 Å². The Labute approximate surface area is 118 Å². The van der Waals surface area contributed by atoms with E-state index in [1.165, 1.54) is 22.9 Å². The van der Waals surface area contributed by atoms with Gasteiger partial charge in [-0.1, -0.05) is 35.0 Å². The summed E-state index contributed by atoms with van der Waals surface area (Å²) < 4.78 is 14.2. The number of aromatic nitrogens is 3. The van der Waals surface area contributed by atoms with Gasteiger partial charge in [0.05, 0.1) is 11.9 Å². The molecule has 3 rings (SSSR count). The van der Waals surface area contributed by atoms with E-state index in [9.17, 15) is 9.18 Å². The fourth-order valence-electron chi connectivity index (χ4n) is 1.94. The molecule has 3 aromatic rings. The molecule has 6 heteroatoms. The first-order valence-electron chi connectivity index (χ1n) is 5.91. The summed E-state index contributed by atoms with van der Waals surface area (Å²) in [5.74, 6) is -0.421. The Morgan fingerprint density at radius 3 is 2.80 bits per heavy atom. The number of hydrogen-bond donors (Lipinski definition) is 0. The van der Waals surface area contributed by atoms with Crippen molar-refractivity contribution in [2.45, 2.75) is 6.54 Å². The van der Waals surface area contributed by atoms with Crippen molar-refractivity contribution in [3.63, 3.8) is 0 Å². The molecule has 0 saturated heterocycles. The molecule has 0 saturated carbocycles. The van der Waals surface area contributed by atoms with Gasteiger partial charge in [-0.2, -0.15) is 0 Å². The normalized spacial score (nSPS) is 10.9. The van der Waals surface area contributed by atoms with Crippen LogP contribution in [0, 0.1) is 5.82 Å². The number of nitrogens with zero attached hydrogens (tertiary/aromatic N) is 3. The Morgan fingerprint density at radius 1 is 1.20 bits per heavy atom. The molecule has 0 bridgehead atoms. The lowest BCUT2D eigenvalue weighted by molar-refractivity contribution is 0.596. The maximum absolute atomic E-state index is 13.0. The van der Waals surface area contributed by atoms with Crippen molar-refractivity contribution in [2.75, 3.05) is 0 Å². The maximum atomic E-state index is 13.0. The van der Waals surface area contributed by atoms with Crippen LogP contribution in [0.2, 0.25) is 5.02 Å². The molecular weight excluding hydrogens is 281 g/mol. The molecule has 1 aromatic heterocycles. The topological polar surface area (TPSA) is 47.8 Å². The fourth-order valence-corrected chi connectivity index (χ4v) is 2.17. The van der Waals surface area contributed by atoms with Crippen LogP contribution >= 0.6 is 11.6 Å². The lowest BCUT2D eigenvalue weighted by Gasteiger charge is -2.06. The predicted molar refractivity (Wildman–Crippen MR) is 74.3 cm³/mol. The molecule has 0 radical (unpaired) electrons. The number of hydrogen-bond acceptors (Lipinski definition) is 3. The van der Waals surface area contributed by atoms with Crippen molar-refractivity contribution in [2.24, 2.45) is 0 Å². The van der Waals surface area contributed by atoms with E-state index >= 15 is 0 Å². The van der Waals surface area contributed by atoms with Gasteiger partial charge in [-0.25, -0.2) is 9.07 Å². The van der Waals surface area contributed by atoms with Crippen molar-refractivity contribution in [1.82, 2.24) is 15.0 Å². The van der Waals surface area contributed by atoms with E-state index < -0.39 is 5.82 Å². The Kier molecular flexibility index (Phi) is 3.20. The van der Waals surface area contributed by atoms with Gasteiger partial charge in [0.25, 0.3) is 5.56 Å².